The maximum Gasteiger partial charge on any atom is 0.311 e. The van der Waals surface area contributed by atoms with Gasteiger partial charge in [-0.05, 0) is 38.1 Å². The minimum Gasteiger partial charge on any atom is -0.466 e. The molecule has 3 aromatic rings. The van der Waals surface area contributed by atoms with Crippen molar-refractivity contribution in [1.29, 1.82) is 0 Å². The van der Waals surface area contributed by atoms with Gasteiger partial charge in [-0.15, -0.1) is 11.3 Å². The molecule has 0 bridgehead atoms. The lowest BCUT2D eigenvalue weighted by atomic mass is 10.1. The Morgan fingerprint density at radius 3 is 2.75 bits per heavy atom. The Labute approximate surface area is 175 Å². The van der Waals surface area contributed by atoms with Crippen LogP contribution in [-0.2, 0) is 16.0 Å². The Balaban J connectivity index is 1.71. The summed E-state index contributed by atoms with van der Waals surface area (Å²) in [7, 11) is 0. The van der Waals surface area contributed by atoms with Crippen LogP contribution in [0.25, 0.3) is 11.3 Å². The topological polar surface area (TPSA) is 81.2 Å². The number of halogens is 1. The van der Waals surface area contributed by atoms with Gasteiger partial charge in [0.25, 0.3) is 5.91 Å². The van der Waals surface area contributed by atoms with Crippen LogP contribution in [0.1, 0.15) is 28.7 Å². The van der Waals surface area contributed by atoms with Gasteiger partial charge in [0.1, 0.15) is 0 Å². The van der Waals surface area contributed by atoms with Crippen molar-refractivity contribution in [2.45, 2.75) is 20.3 Å². The Morgan fingerprint density at radius 1 is 1.21 bits per heavy atom. The van der Waals surface area contributed by atoms with Crippen molar-refractivity contribution in [3.05, 3.63) is 63.2 Å². The largest absolute Gasteiger partial charge is 0.466 e. The second kappa shape index (κ2) is 9.07. The molecule has 0 radical (unpaired) electrons. The lowest BCUT2D eigenvalue weighted by Gasteiger charge is -2.08. The zero-order chi connectivity index (χ0) is 20.1. The van der Waals surface area contributed by atoms with Crippen molar-refractivity contribution in [3.63, 3.8) is 0 Å². The molecule has 2 aromatic heterocycles. The number of hydrogen-bond donors (Lipinski definition) is 1. The molecule has 0 saturated heterocycles. The molecule has 0 spiro atoms. The van der Waals surface area contributed by atoms with E-state index >= 15 is 0 Å². The van der Waals surface area contributed by atoms with E-state index in [0.717, 1.165) is 15.7 Å². The molecular weight excluding hydrogens is 442 g/mol. The van der Waals surface area contributed by atoms with Gasteiger partial charge in [0.05, 0.1) is 35.7 Å². The molecule has 8 heteroatoms. The molecule has 6 nitrogen and oxygen atoms in total. The van der Waals surface area contributed by atoms with E-state index in [1.165, 1.54) is 11.3 Å². The second-order valence-corrected chi connectivity index (χ2v) is 7.69. The molecule has 1 amide bonds. The number of amides is 1. The Hall–Kier alpha value is -2.58. The molecule has 0 fully saturated rings. The zero-order valence-corrected chi connectivity index (χ0v) is 17.8. The number of carbonyl (C=O) groups excluding carboxylic acids is 2. The van der Waals surface area contributed by atoms with Gasteiger partial charge in [0, 0.05) is 15.4 Å². The van der Waals surface area contributed by atoms with E-state index in [1.54, 1.807) is 25.3 Å². The molecule has 1 N–H and O–H groups in total. The molecule has 1 aromatic carbocycles. The first-order valence-corrected chi connectivity index (χ1v) is 10.3. The maximum atomic E-state index is 12.6. The number of rotatable bonds is 6. The highest BCUT2D eigenvalue weighted by Gasteiger charge is 2.15. The van der Waals surface area contributed by atoms with Gasteiger partial charge in [-0.2, -0.15) is 0 Å². The van der Waals surface area contributed by atoms with E-state index < -0.39 is 0 Å². The van der Waals surface area contributed by atoms with Crippen molar-refractivity contribution >= 4 is 44.3 Å². The average molecular weight is 460 g/mol. The smallest absolute Gasteiger partial charge is 0.311 e. The standard InChI is InChI=1S/C20H18BrN3O3S/c1-3-27-18(25)10-15-11-28-20(23-15)24-19(26)16-7-8-17(22-12(16)2)13-5-4-6-14(21)9-13/h4-9,11H,3,10H2,1-2H3,(H,23,24,26). The van der Waals surface area contributed by atoms with Gasteiger partial charge in [0.15, 0.2) is 5.13 Å². The fourth-order valence-corrected chi connectivity index (χ4v) is 3.68. The molecule has 0 unspecified atom stereocenters. The molecule has 144 valence electrons. The van der Waals surface area contributed by atoms with Crippen LogP contribution in [-0.4, -0.2) is 28.5 Å². The molecule has 0 aliphatic rings. The van der Waals surface area contributed by atoms with Crippen molar-refractivity contribution < 1.29 is 14.3 Å². The Kier molecular flexibility index (Phi) is 6.53. The molecule has 0 atom stereocenters. The minimum absolute atomic E-state index is 0.0854. The SMILES string of the molecule is CCOC(=O)Cc1csc(NC(=O)c2ccc(-c3cccc(Br)c3)nc2C)n1. The first kappa shape index (κ1) is 20.2. The molecule has 28 heavy (non-hydrogen) atoms. The van der Waals surface area contributed by atoms with Crippen molar-refractivity contribution in [3.8, 4) is 11.3 Å². The van der Waals surface area contributed by atoms with E-state index in [2.05, 4.69) is 31.2 Å². The van der Waals surface area contributed by atoms with Crippen LogP contribution in [0.15, 0.2) is 46.3 Å². The predicted octanol–water partition coefficient (Wildman–Crippen LogP) is 4.63. The highest BCUT2D eigenvalue weighted by Crippen LogP contribution is 2.23. The summed E-state index contributed by atoms with van der Waals surface area (Å²) >= 11 is 4.72. The molecule has 0 saturated carbocycles. The average Bonchev–Trinajstić information content (AvgIpc) is 3.08. The highest BCUT2D eigenvalue weighted by molar-refractivity contribution is 9.10. The lowest BCUT2D eigenvalue weighted by molar-refractivity contribution is -0.142. The van der Waals surface area contributed by atoms with Crippen molar-refractivity contribution in [1.82, 2.24) is 9.97 Å². The van der Waals surface area contributed by atoms with Crippen LogP contribution < -0.4 is 5.32 Å². The quantitative estimate of drug-likeness (QED) is 0.543. The summed E-state index contributed by atoms with van der Waals surface area (Å²) in [6, 6.07) is 11.4. The Morgan fingerprint density at radius 2 is 2.04 bits per heavy atom. The van der Waals surface area contributed by atoms with Crippen LogP contribution in [0, 0.1) is 6.92 Å². The number of hydrogen-bond acceptors (Lipinski definition) is 6. The Bertz CT molecular complexity index is 1020. The molecule has 3 rings (SSSR count). The first-order chi connectivity index (χ1) is 13.5. The monoisotopic (exact) mass is 459 g/mol. The van der Waals surface area contributed by atoms with E-state index in [-0.39, 0.29) is 18.3 Å². The predicted molar refractivity (Wildman–Crippen MR) is 113 cm³/mol. The number of ether oxygens (including phenoxy) is 1. The second-order valence-electron chi connectivity index (χ2n) is 5.92. The highest BCUT2D eigenvalue weighted by atomic mass is 79.9. The van der Waals surface area contributed by atoms with Crippen molar-refractivity contribution in [2.24, 2.45) is 0 Å². The van der Waals surface area contributed by atoms with E-state index in [4.69, 9.17) is 4.74 Å². The summed E-state index contributed by atoms with van der Waals surface area (Å²) in [5, 5.41) is 4.92. The number of thiazole rings is 1. The number of anilines is 1. The zero-order valence-electron chi connectivity index (χ0n) is 15.4. The van der Waals surface area contributed by atoms with Crippen molar-refractivity contribution in [2.75, 3.05) is 11.9 Å². The maximum absolute atomic E-state index is 12.6. The van der Waals surface area contributed by atoms with Gasteiger partial charge in [-0.25, -0.2) is 4.98 Å². The summed E-state index contributed by atoms with van der Waals surface area (Å²) in [5.74, 6) is -0.628. The van der Waals surface area contributed by atoms with E-state index in [0.29, 0.717) is 28.7 Å². The lowest BCUT2D eigenvalue weighted by Crippen LogP contribution is -2.14. The molecule has 0 aliphatic carbocycles. The third-order valence-electron chi connectivity index (χ3n) is 3.85. The summed E-state index contributed by atoms with van der Waals surface area (Å²) in [5.41, 5.74) is 3.42. The van der Waals surface area contributed by atoms with Gasteiger partial charge >= 0.3 is 5.97 Å². The fourth-order valence-electron chi connectivity index (χ4n) is 2.58. The van der Waals surface area contributed by atoms with Gasteiger partial charge < -0.3 is 4.74 Å². The summed E-state index contributed by atoms with van der Waals surface area (Å²) in [6.45, 7) is 3.88. The minimum atomic E-state index is -0.339. The number of nitrogens with zero attached hydrogens (tertiary/aromatic N) is 2. The third kappa shape index (κ3) is 5.02. The number of aromatic nitrogens is 2. The third-order valence-corrected chi connectivity index (χ3v) is 5.15. The van der Waals surface area contributed by atoms with Crippen LogP contribution in [0.3, 0.4) is 0 Å². The van der Waals surface area contributed by atoms with Crippen LogP contribution in [0.2, 0.25) is 0 Å². The van der Waals surface area contributed by atoms with E-state index in [1.807, 2.05) is 30.3 Å². The van der Waals surface area contributed by atoms with Crippen LogP contribution in [0.4, 0.5) is 5.13 Å². The number of benzene rings is 1. The van der Waals surface area contributed by atoms with Gasteiger partial charge in [-0.3, -0.25) is 19.9 Å². The number of pyridine rings is 1. The first-order valence-electron chi connectivity index (χ1n) is 8.61. The van der Waals surface area contributed by atoms with Gasteiger partial charge in [-0.1, -0.05) is 28.1 Å². The van der Waals surface area contributed by atoms with Gasteiger partial charge in [0.2, 0.25) is 0 Å². The molecular formula is C20H18BrN3O3S. The summed E-state index contributed by atoms with van der Waals surface area (Å²) in [6.07, 6.45) is 0.0854. The normalized spacial score (nSPS) is 10.5. The number of aryl methyl sites for hydroxylation is 1. The number of nitrogens with one attached hydrogen (secondary N) is 1. The summed E-state index contributed by atoms with van der Waals surface area (Å²) < 4.78 is 5.87. The van der Waals surface area contributed by atoms with E-state index in [9.17, 15) is 9.59 Å². The fraction of sp³-hybridized carbons (Fsp3) is 0.200. The molecule has 0 aliphatic heterocycles. The van der Waals surface area contributed by atoms with Crippen LogP contribution in [0.5, 0.6) is 0 Å². The van der Waals surface area contributed by atoms with Crippen LogP contribution >= 0.6 is 27.3 Å². The summed E-state index contributed by atoms with van der Waals surface area (Å²) in [4.78, 5) is 32.9. The molecule has 2 heterocycles. The number of carbonyl (C=O) groups is 2. The number of esters is 1.